The van der Waals surface area contributed by atoms with Gasteiger partial charge in [-0.25, -0.2) is 0 Å². The Balaban J connectivity index is 2.32. The lowest BCUT2D eigenvalue weighted by Gasteiger charge is -2.32. The van der Waals surface area contributed by atoms with Crippen molar-refractivity contribution in [3.8, 4) is 0 Å². The summed E-state index contributed by atoms with van der Waals surface area (Å²) < 4.78 is 36.3. The van der Waals surface area contributed by atoms with Crippen molar-refractivity contribution in [3.05, 3.63) is 0 Å². The van der Waals surface area contributed by atoms with Gasteiger partial charge >= 0.3 is 6.18 Å². The zero-order valence-electron chi connectivity index (χ0n) is 7.99. The lowest BCUT2D eigenvalue weighted by Crippen LogP contribution is -2.41. The Morgan fingerprint density at radius 1 is 1.36 bits per heavy atom. The third-order valence-corrected chi connectivity index (χ3v) is 2.74. The largest absolute Gasteiger partial charge is 0.401 e. The third-order valence-electron chi connectivity index (χ3n) is 2.52. The van der Waals surface area contributed by atoms with E-state index in [0.29, 0.717) is 24.9 Å². The molecule has 1 heterocycles. The average molecular weight is 230 g/mol. The van der Waals surface area contributed by atoms with Crippen molar-refractivity contribution >= 4 is 11.6 Å². The summed E-state index contributed by atoms with van der Waals surface area (Å²) in [6, 6.07) is 0. The summed E-state index contributed by atoms with van der Waals surface area (Å²) in [5, 5.41) is 0. The number of halogens is 4. The van der Waals surface area contributed by atoms with Crippen LogP contribution < -0.4 is 0 Å². The predicted octanol–water partition coefficient (Wildman–Crippen LogP) is 2.89. The van der Waals surface area contributed by atoms with E-state index in [1.54, 1.807) is 0 Å². The zero-order chi connectivity index (χ0) is 10.6. The van der Waals surface area contributed by atoms with Crippen molar-refractivity contribution in [2.75, 3.05) is 25.5 Å². The van der Waals surface area contributed by atoms with Crippen LogP contribution in [0.15, 0.2) is 0 Å². The maximum absolute atomic E-state index is 12.1. The topological polar surface area (TPSA) is 3.24 Å². The van der Waals surface area contributed by atoms with Gasteiger partial charge in [-0.3, -0.25) is 4.90 Å². The van der Waals surface area contributed by atoms with Gasteiger partial charge < -0.3 is 0 Å². The van der Waals surface area contributed by atoms with Gasteiger partial charge in [0.2, 0.25) is 0 Å². The molecule has 0 N–H and O–H groups in total. The highest BCUT2D eigenvalue weighted by Crippen LogP contribution is 2.24. The first-order chi connectivity index (χ1) is 6.51. The first kappa shape index (κ1) is 12.1. The molecule has 1 fully saturated rings. The van der Waals surface area contributed by atoms with Crippen LogP contribution in [0.25, 0.3) is 0 Å². The SMILES string of the molecule is FC(F)(F)CN1CCCC(CCCl)C1. The maximum atomic E-state index is 12.1. The summed E-state index contributed by atoms with van der Waals surface area (Å²) in [6.07, 6.45) is -1.36. The summed E-state index contributed by atoms with van der Waals surface area (Å²) >= 11 is 5.57. The van der Waals surface area contributed by atoms with Crippen LogP contribution in [0.2, 0.25) is 0 Å². The maximum Gasteiger partial charge on any atom is 0.401 e. The first-order valence-electron chi connectivity index (χ1n) is 4.86. The van der Waals surface area contributed by atoms with Gasteiger partial charge in [0.25, 0.3) is 0 Å². The molecule has 0 bridgehead atoms. The van der Waals surface area contributed by atoms with E-state index in [-0.39, 0.29) is 0 Å². The van der Waals surface area contributed by atoms with Crippen LogP contribution in [-0.4, -0.2) is 36.6 Å². The van der Waals surface area contributed by atoms with Crippen LogP contribution in [0.4, 0.5) is 13.2 Å². The van der Waals surface area contributed by atoms with Crippen LogP contribution in [0.5, 0.6) is 0 Å². The second-order valence-electron chi connectivity index (χ2n) is 3.84. The normalized spacial score (nSPS) is 25.3. The van der Waals surface area contributed by atoms with E-state index in [1.165, 1.54) is 4.90 Å². The molecule has 1 aliphatic rings. The van der Waals surface area contributed by atoms with Gasteiger partial charge in [-0.05, 0) is 31.7 Å². The van der Waals surface area contributed by atoms with E-state index in [1.807, 2.05) is 0 Å². The highest BCUT2D eigenvalue weighted by Gasteiger charge is 2.32. The molecular formula is C9H15ClF3N. The lowest BCUT2D eigenvalue weighted by molar-refractivity contribution is -0.149. The molecule has 1 rings (SSSR count). The number of piperidine rings is 1. The minimum absolute atomic E-state index is 0.351. The third kappa shape index (κ3) is 4.51. The van der Waals surface area contributed by atoms with E-state index in [4.69, 9.17) is 11.6 Å². The Hall–Kier alpha value is 0.0400. The number of hydrogen-bond donors (Lipinski definition) is 0. The molecule has 1 unspecified atom stereocenters. The molecule has 5 heteroatoms. The summed E-state index contributed by atoms with van der Waals surface area (Å²) in [4.78, 5) is 1.49. The standard InChI is InChI=1S/C9H15ClF3N/c10-4-3-8-2-1-5-14(6-8)7-9(11,12)13/h8H,1-7H2. The molecule has 1 aliphatic heterocycles. The summed E-state index contributed by atoms with van der Waals surface area (Å²) in [5.74, 6) is 0.897. The summed E-state index contributed by atoms with van der Waals surface area (Å²) in [7, 11) is 0. The second kappa shape index (κ2) is 5.21. The number of nitrogens with zero attached hydrogens (tertiary/aromatic N) is 1. The molecule has 0 aromatic heterocycles. The fourth-order valence-electron chi connectivity index (χ4n) is 1.94. The molecule has 0 aliphatic carbocycles. The van der Waals surface area contributed by atoms with Gasteiger partial charge in [-0.1, -0.05) is 0 Å². The first-order valence-corrected chi connectivity index (χ1v) is 5.40. The smallest absolute Gasteiger partial charge is 0.295 e. The van der Waals surface area contributed by atoms with Gasteiger partial charge in [0.1, 0.15) is 0 Å². The van der Waals surface area contributed by atoms with Gasteiger partial charge in [0.05, 0.1) is 6.54 Å². The zero-order valence-corrected chi connectivity index (χ0v) is 8.74. The molecular weight excluding hydrogens is 215 g/mol. The Morgan fingerprint density at radius 2 is 2.07 bits per heavy atom. The van der Waals surface area contributed by atoms with Gasteiger partial charge in [-0.2, -0.15) is 13.2 Å². The Morgan fingerprint density at radius 3 is 2.64 bits per heavy atom. The minimum atomic E-state index is -4.07. The van der Waals surface area contributed by atoms with Crippen LogP contribution in [-0.2, 0) is 0 Å². The highest BCUT2D eigenvalue weighted by atomic mass is 35.5. The van der Waals surface area contributed by atoms with Crippen molar-refractivity contribution in [1.82, 2.24) is 4.90 Å². The summed E-state index contributed by atoms with van der Waals surface area (Å²) in [5.41, 5.74) is 0. The molecule has 0 aromatic carbocycles. The number of hydrogen-bond acceptors (Lipinski definition) is 1. The monoisotopic (exact) mass is 229 g/mol. The Kier molecular flexibility index (Phi) is 4.51. The van der Waals surface area contributed by atoms with E-state index < -0.39 is 12.7 Å². The molecule has 0 radical (unpaired) electrons. The van der Waals surface area contributed by atoms with Crippen molar-refractivity contribution < 1.29 is 13.2 Å². The molecule has 0 amide bonds. The van der Waals surface area contributed by atoms with Gasteiger partial charge in [0.15, 0.2) is 0 Å². The number of alkyl halides is 4. The average Bonchev–Trinajstić information content (AvgIpc) is 2.02. The van der Waals surface area contributed by atoms with E-state index >= 15 is 0 Å². The Bertz CT molecular complexity index is 170. The molecule has 1 atom stereocenters. The quantitative estimate of drug-likeness (QED) is 0.673. The lowest BCUT2D eigenvalue weighted by atomic mass is 9.96. The van der Waals surface area contributed by atoms with E-state index in [0.717, 1.165) is 19.3 Å². The minimum Gasteiger partial charge on any atom is -0.295 e. The van der Waals surface area contributed by atoms with Gasteiger partial charge in [0, 0.05) is 12.4 Å². The fourth-order valence-corrected chi connectivity index (χ4v) is 2.25. The molecule has 0 aromatic rings. The van der Waals surface area contributed by atoms with Crippen molar-refractivity contribution in [2.24, 2.45) is 5.92 Å². The van der Waals surface area contributed by atoms with Crippen LogP contribution in [0.3, 0.4) is 0 Å². The van der Waals surface area contributed by atoms with Gasteiger partial charge in [-0.15, -0.1) is 11.6 Å². The van der Waals surface area contributed by atoms with E-state index in [2.05, 4.69) is 0 Å². The van der Waals surface area contributed by atoms with Crippen LogP contribution in [0.1, 0.15) is 19.3 Å². The number of rotatable bonds is 3. The highest BCUT2D eigenvalue weighted by molar-refractivity contribution is 6.17. The number of likely N-dealkylation sites (tertiary alicyclic amines) is 1. The van der Waals surface area contributed by atoms with Crippen molar-refractivity contribution in [1.29, 1.82) is 0 Å². The Labute approximate surface area is 87.2 Å². The van der Waals surface area contributed by atoms with Crippen molar-refractivity contribution in [3.63, 3.8) is 0 Å². The fraction of sp³-hybridized carbons (Fsp3) is 1.00. The molecule has 0 spiro atoms. The molecule has 0 saturated carbocycles. The molecule has 1 saturated heterocycles. The summed E-state index contributed by atoms with van der Waals surface area (Å²) in [6.45, 7) is 0.344. The molecule has 1 nitrogen and oxygen atoms in total. The van der Waals surface area contributed by atoms with Crippen LogP contribution in [0, 0.1) is 5.92 Å². The molecule has 14 heavy (non-hydrogen) atoms. The predicted molar refractivity (Wildman–Crippen MR) is 50.6 cm³/mol. The van der Waals surface area contributed by atoms with Crippen molar-refractivity contribution in [2.45, 2.75) is 25.4 Å². The van der Waals surface area contributed by atoms with Crippen LogP contribution >= 0.6 is 11.6 Å². The van der Waals surface area contributed by atoms with E-state index in [9.17, 15) is 13.2 Å². The second-order valence-corrected chi connectivity index (χ2v) is 4.21. The molecule has 84 valence electrons.